The summed E-state index contributed by atoms with van der Waals surface area (Å²) in [5.74, 6) is -0.269. The summed E-state index contributed by atoms with van der Waals surface area (Å²) >= 11 is 0. The Labute approximate surface area is 149 Å². The molecule has 3 rings (SSSR count). The number of hydrogen-bond donors (Lipinski definition) is 2. The highest BCUT2D eigenvalue weighted by Gasteiger charge is 2.39. The highest BCUT2D eigenvalue weighted by molar-refractivity contribution is 5.90. The summed E-state index contributed by atoms with van der Waals surface area (Å²) in [5, 5.41) is 12.8. The van der Waals surface area contributed by atoms with Crippen LogP contribution in [0.4, 0.5) is 0 Å². The van der Waals surface area contributed by atoms with Crippen LogP contribution in [0.2, 0.25) is 0 Å². The van der Waals surface area contributed by atoms with Crippen LogP contribution < -0.4 is 5.32 Å². The summed E-state index contributed by atoms with van der Waals surface area (Å²) in [6.45, 7) is 6.39. The Hall–Kier alpha value is -1.88. The van der Waals surface area contributed by atoms with E-state index in [2.05, 4.69) is 37.4 Å². The van der Waals surface area contributed by atoms with Gasteiger partial charge in [0.05, 0.1) is 12.1 Å². The van der Waals surface area contributed by atoms with Crippen LogP contribution in [-0.4, -0.2) is 40.5 Å². The average molecular weight is 344 g/mol. The lowest BCUT2D eigenvalue weighted by Crippen LogP contribution is -2.53. The number of aliphatic hydroxyl groups excluding tert-OH is 1. The molecule has 0 radical (unpaired) electrons. The summed E-state index contributed by atoms with van der Waals surface area (Å²) in [7, 11) is 0. The second kappa shape index (κ2) is 7.16. The molecular weight excluding hydrogens is 316 g/mol. The zero-order valence-corrected chi connectivity index (χ0v) is 15.3. The molecule has 25 heavy (non-hydrogen) atoms. The number of hydrogen-bond acceptors (Lipinski definition) is 3. The van der Waals surface area contributed by atoms with Gasteiger partial charge in [-0.25, -0.2) is 0 Å². The minimum absolute atomic E-state index is 0.0168. The zero-order valence-electron chi connectivity index (χ0n) is 15.3. The van der Waals surface area contributed by atoms with Crippen molar-refractivity contribution in [1.29, 1.82) is 0 Å². The average Bonchev–Trinajstić information content (AvgIpc) is 3.31. The van der Waals surface area contributed by atoms with Crippen molar-refractivity contribution in [2.24, 2.45) is 5.92 Å². The zero-order chi connectivity index (χ0) is 18.1. The third kappa shape index (κ3) is 3.87. The van der Waals surface area contributed by atoms with Crippen molar-refractivity contribution in [2.45, 2.75) is 64.6 Å². The van der Waals surface area contributed by atoms with Crippen molar-refractivity contribution in [1.82, 2.24) is 10.2 Å². The fourth-order valence-corrected chi connectivity index (χ4v) is 3.53. The Balaban J connectivity index is 1.77. The lowest BCUT2D eigenvalue weighted by Gasteiger charge is -2.31. The number of aliphatic hydroxyl groups is 1. The maximum absolute atomic E-state index is 13.1. The largest absolute Gasteiger partial charge is 0.391 e. The molecule has 5 nitrogen and oxygen atoms in total. The summed E-state index contributed by atoms with van der Waals surface area (Å²) in [5.41, 5.74) is 3.58. The minimum atomic E-state index is -0.906. The van der Waals surface area contributed by atoms with Crippen molar-refractivity contribution in [3.8, 4) is 0 Å². The highest BCUT2D eigenvalue weighted by atomic mass is 16.3. The number of carbonyl (C=O) groups is 2. The Morgan fingerprint density at radius 2 is 1.92 bits per heavy atom. The van der Waals surface area contributed by atoms with Crippen LogP contribution in [-0.2, 0) is 9.59 Å². The molecule has 1 aromatic carbocycles. The second-order valence-electron chi connectivity index (χ2n) is 7.53. The molecule has 2 amide bonds. The number of carbonyl (C=O) groups excluding carboxylic acids is 2. The molecule has 0 spiro atoms. The maximum Gasteiger partial charge on any atom is 0.248 e. The van der Waals surface area contributed by atoms with Crippen molar-refractivity contribution in [3.05, 3.63) is 34.9 Å². The molecule has 2 N–H and O–H groups in total. The molecule has 1 aliphatic carbocycles. The number of likely N-dealkylation sites (tertiary alicyclic amines) is 1. The quantitative estimate of drug-likeness (QED) is 0.861. The van der Waals surface area contributed by atoms with E-state index in [-0.39, 0.29) is 23.8 Å². The van der Waals surface area contributed by atoms with Gasteiger partial charge in [-0.15, -0.1) is 0 Å². The fraction of sp³-hybridized carbons (Fsp3) is 0.600. The van der Waals surface area contributed by atoms with Crippen LogP contribution in [0.15, 0.2) is 18.2 Å². The van der Waals surface area contributed by atoms with Gasteiger partial charge >= 0.3 is 0 Å². The van der Waals surface area contributed by atoms with Gasteiger partial charge in [0.25, 0.3) is 0 Å². The van der Waals surface area contributed by atoms with Crippen LogP contribution in [0.5, 0.6) is 0 Å². The van der Waals surface area contributed by atoms with Gasteiger partial charge in [0.15, 0.2) is 0 Å². The predicted molar refractivity (Wildman–Crippen MR) is 95.9 cm³/mol. The molecule has 1 aromatic rings. The van der Waals surface area contributed by atoms with E-state index < -0.39 is 12.1 Å². The fourth-order valence-electron chi connectivity index (χ4n) is 3.53. The first-order valence-electron chi connectivity index (χ1n) is 9.24. The van der Waals surface area contributed by atoms with Crippen LogP contribution in [0.25, 0.3) is 0 Å². The van der Waals surface area contributed by atoms with Gasteiger partial charge in [-0.1, -0.05) is 18.2 Å². The van der Waals surface area contributed by atoms with E-state index in [9.17, 15) is 14.7 Å². The van der Waals surface area contributed by atoms with Gasteiger partial charge in [-0.05, 0) is 63.1 Å². The van der Waals surface area contributed by atoms with Crippen molar-refractivity contribution >= 4 is 11.8 Å². The van der Waals surface area contributed by atoms with Gasteiger partial charge in [0.1, 0.15) is 6.04 Å². The van der Waals surface area contributed by atoms with Crippen molar-refractivity contribution < 1.29 is 14.7 Å². The van der Waals surface area contributed by atoms with Gasteiger partial charge in [-0.3, -0.25) is 9.59 Å². The molecule has 5 heteroatoms. The Kier molecular flexibility index (Phi) is 5.13. The molecule has 1 saturated carbocycles. The van der Waals surface area contributed by atoms with E-state index in [1.807, 2.05) is 4.90 Å². The summed E-state index contributed by atoms with van der Waals surface area (Å²) in [4.78, 5) is 27.0. The highest BCUT2D eigenvalue weighted by Crippen LogP contribution is 2.34. The molecule has 0 aromatic heterocycles. The normalized spacial score (nSPS) is 22.6. The lowest BCUT2D eigenvalue weighted by molar-refractivity contribution is -0.140. The predicted octanol–water partition coefficient (Wildman–Crippen LogP) is 2.24. The number of rotatable bonds is 5. The number of benzene rings is 1. The first kappa shape index (κ1) is 17.9. The summed E-state index contributed by atoms with van der Waals surface area (Å²) in [6.07, 6.45) is 2.70. The van der Waals surface area contributed by atoms with E-state index in [1.165, 1.54) is 11.1 Å². The van der Waals surface area contributed by atoms with E-state index in [0.717, 1.165) is 31.2 Å². The van der Waals surface area contributed by atoms with Crippen molar-refractivity contribution in [3.63, 3.8) is 0 Å². The van der Waals surface area contributed by atoms with E-state index in [0.29, 0.717) is 6.54 Å². The van der Waals surface area contributed by atoms with Crippen LogP contribution in [0, 0.1) is 19.8 Å². The minimum Gasteiger partial charge on any atom is -0.391 e. The smallest absolute Gasteiger partial charge is 0.248 e. The van der Waals surface area contributed by atoms with Gasteiger partial charge < -0.3 is 15.3 Å². The summed E-state index contributed by atoms with van der Waals surface area (Å²) in [6, 6.07) is 5.48. The van der Waals surface area contributed by atoms with Gasteiger partial charge in [-0.2, -0.15) is 0 Å². The van der Waals surface area contributed by atoms with E-state index in [4.69, 9.17) is 0 Å². The Bertz CT molecular complexity index is 667. The number of amides is 2. The molecule has 0 bridgehead atoms. The van der Waals surface area contributed by atoms with Crippen molar-refractivity contribution in [2.75, 3.05) is 6.54 Å². The first-order chi connectivity index (χ1) is 11.9. The SMILES string of the molecule is Cc1ccc([C@@H]2CCCN2C(=O)[C@H](NC(=O)C2CC2)[C@H](C)O)cc1C. The number of nitrogens with zero attached hydrogens (tertiary/aromatic N) is 1. The Morgan fingerprint density at radius 3 is 2.52 bits per heavy atom. The molecule has 3 atom stereocenters. The molecule has 1 saturated heterocycles. The molecule has 2 aliphatic rings. The van der Waals surface area contributed by atoms with Gasteiger partial charge in [0, 0.05) is 12.5 Å². The second-order valence-corrected chi connectivity index (χ2v) is 7.53. The number of aryl methyl sites for hydroxylation is 2. The molecule has 136 valence electrons. The Morgan fingerprint density at radius 1 is 1.20 bits per heavy atom. The third-order valence-corrected chi connectivity index (χ3v) is 5.45. The monoisotopic (exact) mass is 344 g/mol. The van der Waals surface area contributed by atoms with E-state index >= 15 is 0 Å². The molecule has 1 heterocycles. The number of nitrogens with one attached hydrogen (secondary N) is 1. The standard InChI is InChI=1S/C20H28N2O3/c1-12-6-7-16(11-13(12)2)17-5-4-10-22(17)20(25)18(14(3)23)21-19(24)15-8-9-15/h6-7,11,14-15,17-18,23H,4-5,8-10H2,1-3H3,(H,21,24)/t14-,17-,18+/m0/s1. The maximum atomic E-state index is 13.1. The molecule has 0 unspecified atom stereocenters. The lowest BCUT2D eigenvalue weighted by atomic mass is 9.99. The topological polar surface area (TPSA) is 69.6 Å². The third-order valence-electron chi connectivity index (χ3n) is 5.45. The summed E-state index contributed by atoms with van der Waals surface area (Å²) < 4.78 is 0. The molecular formula is C20H28N2O3. The first-order valence-corrected chi connectivity index (χ1v) is 9.24. The van der Waals surface area contributed by atoms with Crippen LogP contribution >= 0.6 is 0 Å². The van der Waals surface area contributed by atoms with E-state index in [1.54, 1.807) is 6.92 Å². The van der Waals surface area contributed by atoms with Gasteiger partial charge in [0.2, 0.25) is 11.8 Å². The molecule has 1 aliphatic heterocycles. The molecule has 2 fully saturated rings. The van der Waals surface area contributed by atoms with Crippen LogP contribution in [0.3, 0.4) is 0 Å². The van der Waals surface area contributed by atoms with Crippen LogP contribution in [0.1, 0.15) is 55.3 Å².